The molecular weight excluding hydrogens is 250 g/mol. The molecule has 1 N–H and O–H groups in total. The molecule has 20 heavy (non-hydrogen) atoms. The number of nitrogens with zero attached hydrogens (tertiary/aromatic N) is 2. The Balaban J connectivity index is 1.80. The summed E-state index contributed by atoms with van der Waals surface area (Å²) in [5.74, 6) is 0.367. The van der Waals surface area contributed by atoms with E-state index in [-0.39, 0.29) is 5.91 Å². The lowest BCUT2D eigenvalue weighted by molar-refractivity contribution is 0.102. The Bertz CT molecular complexity index is 652. The minimum absolute atomic E-state index is 0.198. The van der Waals surface area contributed by atoms with Crippen LogP contribution in [0.3, 0.4) is 0 Å². The summed E-state index contributed by atoms with van der Waals surface area (Å²) >= 11 is 0. The lowest BCUT2D eigenvalue weighted by Gasteiger charge is -2.15. The van der Waals surface area contributed by atoms with Gasteiger partial charge in [0.2, 0.25) is 0 Å². The molecular formula is C16H17N3O. The standard InChI is InChI=1S/C16H17N3O/c1-11-8-9-17-15(10-11)19-16(20)14-7-6-12-4-2-3-5-13(12)18-14/h6-10H,2-5H2,1H3,(H,17,19,20). The number of amides is 1. The van der Waals surface area contributed by atoms with E-state index in [1.807, 2.05) is 25.1 Å². The number of carbonyl (C=O) groups is 1. The fourth-order valence-corrected chi connectivity index (χ4v) is 2.49. The van der Waals surface area contributed by atoms with Gasteiger partial charge in [-0.15, -0.1) is 0 Å². The molecule has 0 unspecified atom stereocenters. The number of anilines is 1. The fourth-order valence-electron chi connectivity index (χ4n) is 2.49. The Morgan fingerprint density at radius 2 is 2.05 bits per heavy atom. The van der Waals surface area contributed by atoms with Crippen molar-refractivity contribution >= 4 is 11.7 Å². The van der Waals surface area contributed by atoms with Crippen LogP contribution in [-0.4, -0.2) is 15.9 Å². The molecule has 102 valence electrons. The van der Waals surface area contributed by atoms with E-state index in [1.54, 1.807) is 12.3 Å². The topological polar surface area (TPSA) is 54.9 Å². The van der Waals surface area contributed by atoms with Gasteiger partial charge in [-0.3, -0.25) is 4.79 Å². The summed E-state index contributed by atoms with van der Waals surface area (Å²) < 4.78 is 0. The molecule has 0 fully saturated rings. The first kappa shape index (κ1) is 12.8. The molecule has 4 heteroatoms. The molecule has 3 rings (SSSR count). The zero-order valence-electron chi connectivity index (χ0n) is 11.5. The number of fused-ring (bicyclic) bond motifs is 1. The summed E-state index contributed by atoms with van der Waals surface area (Å²) in [7, 11) is 0. The Hall–Kier alpha value is -2.23. The monoisotopic (exact) mass is 267 g/mol. The van der Waals surface area contributed by atoms with Crippen LogP contribution in [-0.2, 0) is 12.8 Å². The van der Waals surface area contributed by atoms with Crippen LogP contribution in [0.15, 0.2) is 30.5 Å². The molecule has 1 aliphatic carbocycles. The maximum absolute atomic E-state index is 12.2. The third kappa shape index (κ3) is 2.69. The summed E-state index contributed by atoms with van der Waals surface area (Å²) in [6.07, 6.45) is 6.10. The van der Waals surface area contributed by atoms with E-state index in [0.29, 0.717) is 11.5 Å². The first-order valence-corrected chi connectivity index (χ1v) is 6.95. The number of rotatable bonds is 2. The molecule has 0 aromatic carbocycles. The van der Waals surface area contributed by atoms with Gasteiger partial charge in [0.1, 0.15) is 11.5 Å². The Kier molecular flexibility index (Phi) is 3.46. The first-order valence-electron chi connectivity index (χ1n) is 6.95. The maximum Gasteiger partial charge on any atom is 0.275 e. The zero-order chi connectivity index (χ0) is 13.9. The van der Waals surface area contributed by atoms with Crippen molar-refractivity contribution in [3.63, 3.8) is 0 Å². The molecule has 2 aromatic heterocycles. The molecule has 0 aliphatic heterocycles. The van der Waals surface area contributed by atoms with Gasteiger partial charge in [-0.25, -0.2) is 9.97 Å². The quantitative estimate of drug-likeness (QED) is 0.910. The van der Waals surface area contributed by atoms with Gasteiger partial charge >= 0.3 is 0 Å². The molecule has 2 heterocycles. The number of pyridine rings is 2. The summed E-state index contributed by atoms with van der Waals surface area (Å²) in [4.78, 5) is 20.8. The van der Waals surface area contributed by atoms with E-state index in [0.717, 1.165) is 30.5 Å². The van der Waals surface area contributed by atoms with Crippen LogP contribution in [0, 0.1) is 6.92 Å². The van der Waals surface area contributed by atoms with Crippen LogP contribution in [0.1, 0.15) is 40.2 Å². The number of aromatic nitrogens is 2. The van der Waals surface area contributed by atoms with E-state index in [9.17, 15) is 4.79 Å². The molecule has 0 saturated heterocycles. The molecule has 0 atom stereocenters. The highest BCUT2D eigenvalue weighted by Gasteiger charge is 2.14. The second-order valence-corrected chi connectivity index (χ2v) is 5.18. The van der Waals surface area contributed by atoms with E-state index in [2.05, 4.69) is 15.3 Å². The first-order chi connectivity index (χ1) is 9.72. The van der Waals surface area contributed by atoms with Crippen molar-refractivity contribution in [3.8, 4) is 0 Å². The van der Waals surface area contributed by atoms with Crippen molar-refractivity contribution in [2.24, 2.45) is 0 Å². The summed E-state index contributed by atoms with van der Waals surface area (Å²) in [6, 6.07) is 7.57. The van der Waals surface area contributed by atoms with Gasteiger partial charge < -0.3 is 5.32 Å². The second kappa shape index (κ2) is 5.41. The average molecular weight is 267 g/mol. The van der Waals surface area contributed by atoms with E-state index in [4.69, 9.17) is 0 Å². The van der Waals surface area contributed by atoms with Gasteiger partial charge in [0.15, 0.2) is 0 Å². The van der Waals surface area contributed by atoms with Crippen molar-refractivity contribution in [2.75, 3.05) is 5.32 Å². The van der Waals surface area contributed by atoms with Crippen molar-refractivity contribution in [2.45, 2.75) is 32.6 Å². The van der Waals surface area contributed by atoms with Crippen molar-refractivity contribution in [1.82, 2.24) is 9.97 Å². The molecule has 2 aromatic rings. The predicted molar refractivity (Wildman–Crippen MR) is 77.8 cm³/mol. The molecule has 1 amide bonds. The highest BCUT2D eigenvalue weighted by Crippen LogP contribution is 2.19. The van der Waals surface area contributed by atoms with Crippen LogP contribution in [0.2, 0.25) is 0 Å². The third-order valence-corrected chi connectivity index (χ3v) is 3.57. The van der Waals surface area contributed by atoms with E-state index >= 15 is 0 Å². The fraction of sp³-hybridized carbons (Fsp3) is 0.312. The average Bonchev–Trinajstić information content (AvgIpc) is 2.47. The van der Waals surface area contributed by atoms with Gasteiger partial charge in [-0.2, -0.15) is 0 Å². The maximum atomic E-state index is 12.2. The van der Waals surface area contributed by atoms with Crippen LogP contribution in [0.25, 0.3) is 0 Å². The minimum Gasteiger partial charge on any atom is -0.305 e. The number of hydrogen-bond donors (Lipinski definition) is 1. The van der Waals surface area contributed by atoms with Gasteiger partial charge in [-0.1, -0.05) is 6.07 Å². The molecule has 0 saturated carbocycles. The van der Waals surface area contributed by atoms with Crippen LogP contribution in [0.5, 0.6) is 0 Å². The SMILES string of the molecule is Cc1ccnc(NC(=O)c2ccc3c(n2)CCCC3)c1. The largest absolute Gasteiger partial charge is 0.305 e. The molecule has 4 nitrogen and oxygen atoms in total. The Labute approximate surface area is 118 Å². The summed E-state index contributed by atoms with van der Waals surface area (Å²) in [6.45, 7) is 1.97. The van der Waals surface area contributed by atoms with Crippen molar-refractivity contribution < 1.29 is 4.79 Å². The highest BCUT2D eigenvalue weighted by molar-refractivity contribution is 6.02. The van der Waals surface area contributed by atoms with Crippen LogP contribution < -0.4 is 5.32 Å². The van der Waals surface area contributed by atoms with Crippen molar-refractivity contribution in [3.05, 3.63) is 53.0 Å². The molecule has 1 aliphatic rings. The number of hydrogen-bond acceptors (Lipinski definition) is 3. The van der Waals surface area contributed by atoms with Gasteiger partial charge in [0, 0.05) is 11.9 Å². The molecule has 0 radical (unpaired) electrons. The Morgan fingerprint density at radius 3 is 2.90 bits per heavy atom. The normalized spacial score (nSPS) is 13.7. The molecule has 0 spiro atoms. The predicted octanol–water partition coefficient (Wildman–Crippen LogP) is 2.92. The lowest BCUT2D eigenvalue weighted by Crippen LogP contribution is -2.17. The van der Waals surface area contributed by atoms with Gasteiger partial charge in [-0.05, 0) is 61.9 Å². The highest BCUT2D eigenvalue weighted by atomic mass is 16.1. The number of carbonyl (C=O) groups excluding carboxylic acids is 1. The smallest absolute Gasteiger partial charge is 0.275 e. The van der Waals surface area contributed by atoms with E-state index in [1.165, 1.54) is 12.0 Å². The third-order valence-electron chi connectivity index (χ3n) is 3.57. The summed E-state index contributed by atoms with van der Waals surface area (Å²) in [5, 5.41) is 2.79. The molecule has 0 bridgehead atoms. The minimum atomic E-state index is -0.198. The van der Waals surface area contributed by atoms with Crippen molar-refractivity contribution in [1.29, 1.82) is 0 Å². The number of nitrogens with one attached hydrogen (secondary N) is 1. The zero-order valence-corrected chi connectivity index (χ0v) is 11.5. The number of aryl methyl sites for hydroxylation is 3. The van der Waals surface area contributed by atoms with E-state index < -0.39 is 0 Å². The second-order valence-electron chi connectivity index (χ2n) is 5.18. The van der Waals surface area contributed by atoms with Crippen LogP contribution >= 0.6 is 0 Å². The van der Waals surface area contributed by atoms with Crippen LogP contribution in [0.4, 0.5) is 5.82 Å². The summed E-state index contributed by atoms with van der Waals surface area (Å²) in [5.41, 5.74) is 3.88. The van der Waals surface area contributed by atoms with Gasteiger partial charge in [0.25, 0.3) is 5.91 Å². The van der Waals surface area contributed by atoms with Gasteiger partial charge in [0.05, 0.1) is 0 Å². The Morgan fingerprint density at radius 1 is 1.20 bits per heavy atom. The lowest BCUT2D eigenvalue weighted by atomic mass is 9.96.